The van der Waals surface area contributed by atoms with Gasteiger partial charge in [-0.25, -0.2) is 19.5 Å². The molecule has 0 radical (unpaired) electrons. The predicted octanol–water partition coefficient (Wildman–Crippen LogP) is 5.00. The molecule has 2 aliphatic rings. The maximum absolute atomic E-state index is 14.7. The lowest BCUT2D eigenvalue weighted by molar-refractivity contribution is -0.142. The first kappa shape index (κ1) is 37.5. The molecule has 0 unspecified atom stereocenters. The van der Waals surface area contributed by atoms with Crippen molar-refractivity contribution in [1.82, 2.24) is 4.90 Å². The molecule has 1 fully saturated rings. The van der Waals surface area contributed by atoms with Crippen LogP contribution in [0.15, 0.2) is 29.3 Å². The number of methoxy groups -OCH3 is 1. The zero-order valence-corrected chi connectivity index (χ0v) is 30.6. The summed E-state index contributed by atoms with van der Waals surface area (Å²) >= 11 is 0. The number of nitrogens with two attached hydrogens (primary N) is 1. The topological polar surface area (TPSA) is 159 Å². The molecule has 2 amide bonds. The van der Waals surface area contributed by atoms with Gasteiger partial charge in [0.25, 0.3) is 0 Å². The Labute approximate surface area is 274 Å². The second kappa shape index (κ2) is 12.5. The summed E-state index contributed by atoms with van der Waals surface area (Å²) in [4.78, 5) is 48.0. The van der Waals surface area contributed by atoms with E-state index in [1.807, 2.05) is 46.0 Å². The van der Waals surface area contributed by atoms with Gasteiger partial charge in [0.2, 0.25) is 5.78 Å². The van der Waals surface area contributed by atoms with E-state index >= 15 is 0 Å². The van der Waals surface area contributed by atoms with Gasteiger partial charge in [0, 0.05) is 6.42 Å². The maximum Gasteiger partial charge on any atom is 0.420 e. The van der Waals surface area contributed by atoms with Crippen molar-refractivity contribution in [2.75, 3.05) is 13.7 Å². The molecule has 12 nitrogen and oxygen atoms in total. The van der Waals surface area contributed by atoms with Gasteiger partial charge in [0.1, 0.15) is 29.1 Å². The van der Waals surface area contributed by atoms with E-state index in [0.29, 0.717) is 10.6 Å². The number of Topliss-reactive ketones (excluding diaryl/α,β-unsaturated/α-hetero) is 1. The summed E-state index contributed by atoms with van der Waals surface area (Å²) in [7, 11) is -0.951. The van der Waals surface area contributed by atoms with E-state index < -0.39 is 73.4 Å². The minimum atomic E-state index is -2.52. The van der Waals surface area contributed by atoms with Crippen LogP contribution in [-0.2, 0) is 29.9 Å². The summed E-state index contributed by atoms with van der Waals surface area (Å²) in [5.41, 5.74) is 1.21. The van der Waals surface area contributed by atoms with Gasteiger partial charge in [-0.1, -0.05) is 32.9 Å². The van der Waals surface area contributed by atoms with E-state index in [0.717, 1.165) is 5.56 Å². The molecule has 0 saturated heterocycles. The Morgan fingerprint density at radius 1 is 1.00 bits per heavy atom. The smallest absolute Gasteiger partial charge is 0.420 e. The van der Waals surface area contributed by atoms with Crippen LogP contribution in [0, 0.1) is 0 Å². The van der Waals surface area contributed by atoms with Crippen molar-refractivity contribution >= 4 is 32.2 Å². The van der Waals surface area contributed by atoms with Gasteiger partial charge in [0.05, 0.1) is 19.8 Å². The van der Waals surface area contributed by atoms with Crippen LogP contribution in [0.25, 0.3) is 0 Å². The van der Waals surface area contributed by atoms with Gasteiger partial charge in [-0.3, -0.25) is 4.79 Å². The SMILES string of the molecule is COc1ccc(CC2=N[C@@]3(C(=O)[C@@](O)(CO[Si](C)(C)C(C)(C)C)[C@@H](N)[C@@H]3N(C(=O)OC(C)(C)C)C(=O)OC(C)(C)C)[C@H](C)O2)cc1. The Bertz CT molecular complexity index is 1320. The first-order valence-corrected chi connectivity index (χ1v) is 18.5. The molecule has 0 aromatic heterocycles. The number of hydrogen-bond acceptors (Lipinski definition) is 11. The third-order valence-electron chi connectivity index (χ3n) is 8.77. The lowest BCUT2D eigenvalue weighted by Crippen LogP contribution is -2.64. The third kappa shape index (κ3) is 7.42. The second-order valence-corrected chi connectivity index (χ2v) is 20.5. The van der Waals surface area contributed by atoms with Crippen LogP contribution in [0.1, 0.15) is 74.8 Å². The van der Waals surface area contributed by atoms with E-state index in [1.54, 1.807) is 67.7 Å². The molecule has 46 heavy (non-hydrogen) atoms. The molecule has 1 heterocycles. The molecular weight excluding hydrogens is 610 g/mol. The average Bonchev–Trinajstić information content (AvgIpc) is 3.29. The number of hydrogen-bond donors (Lipinski definition) is 2. The normalized spacial score (nSPS) is 26.9. The molecular formula is C33H53N3O9Si. The lowest BCUT2D eigenvalue weighted by atomic mass is 9.85. The summed E-state index contributed by atoms with van der Waals surface area (Å²) in [6.07, 6.45) is -3.06. The quantitative estimate of drug-likeness (QED) is 0.380. The van der Waals surface area contributed by atoms with Crippen molar-refractivity contribution in [3.63, 3.8) is 0 Å². The standard InChI is InChI=1S/C33H53N3O9Si/c1-20-33(35-23(43-20)18-21-14-16-22(41-11)17-15-21)25(36(27(38)44-29(2,3)4)28(39)45-30(5,6)7)24(34)32(40,26(33)37)19-42-46(12,13)31(8,9)10/h14-17,20,24-25,40H,18-19,34H2,1-13H3/t20-,24-,25-,32+,33-/m0/s1. The number of amides is 2. The Morgan fingerprint density at radius 3 is 1.93 bits per heavy atom. The highest BCUT2D eigenvalue weighted by Gasteiger charge is 2.75. The summed E-state index contributed by atoms with van der Waals surface area (Å²) in [5, 5.41) is 12.0. The van der Waals surface area contributed by atoms with Crippen LogP contribution in [0.3, 0.4) is 0 Å². The van der Waals surface area contributed by atoms with Crippen LogP contribution in [0.4, 0.5) is 9.59 Å². The number of carbonyl (C=O) groups is 3. The molecule has 1 aliphatic heterocycles. The highest BCUT2D eigenvalue weighted by atomic mass is 28.4. The molecule has 258 valence electrons. The lowest BCUT2D eigenvalue weighted by Gasteiger charge is -2.40. The minimum Gasteiger partial charge on any atom is -0.497 e. The van der Waals surface area contributed by atoms with Gasteiger partial charge in [-0.2, -0.15) is 0 Å². The van der Waals surface area contributed by atoms with Gasteiger partial charge in [-0.15, -0.1) is 0 Å². The van der Waals surface area contributed by atoms with Crippen LogP contribution in [-0.4, -0.2) is 96.4 Å². The fourth-order valence-electron chi connectivity index (χ4n) is 5.28. The molecule has 1 aliphatic carbocycles. The predicted molar refractivity (Wildman–Crippen MR) is 177 cm³/mol. The Kier molecular flexibility index (Phi) is 10.2. The van der Waals surface area contributed by atoms with Gasteiger partial charge < -0.3 is 34.2 Å². The molecule has 0 bridgehead atoms. The van der Waals surface area contributed by atoms with Crippen molar-refractivity contribution in [3.05, 3.63) is 29.8 Å². The number of imide groups is 1. The van der Waals surface area contributed by atoms with Crippen molar-refractivity contribution in [3.8, 4) is 5.75 Å². The largest absolute Gasteiger partial charge is 0.497 e. The molecule has 1 aromatic carbocycles. The van der Waals surface area contributed by atoms with Gasteiger partial charge in [-0.05, 0) is 84.3 Å². The number of benzene rings is 1. The van der Waals surface area contributed by atoms with Crippen LogP contribution >= 0.6 is 0 Å². The first-order valence-electron chi connectivity index (χ1n) is 15.6. The van der Waals surface area contributed by atoms with Crippen molar-refractivity contribution < 1.29 is 42.9 Å². The van der Waals surface area contributed by atoms with Crippen molar-refractivity contribution in [2.24, 2.45) is 10.7 Å². The van der Waals surface area contributed by atoms with Gasteiger partial charge >= 0.3 is 12.2 Å². The van der Waals surface area contributed by atoms with Crippen molar-refractivity contribution in [1.29, 1.82) is 0 Å². The maximum atomic E-state index is 14.7. The van der Waals surface area contributed by atoms with E-state index in [2.05, 4.69) is 0 Å². The van der Waals surface area contributed by atoms with E-state index in [1.165, 1.54) is 0 Å². The molecule has 1 aromatic rings. The second-order valence-electron chi connectivity index (χ2n) is 15.7. The summed E-state index contributed by atoms with van der Waals surface area (Å²) in [6, 6.07) is 4.13. The molecule has 3 N–H and O–H groups in total. The zero-order valence-electron chi connectivity index (χ0n) is 29.6. The fourth-order valence-corrected chi connectivity index (χ4v) is 6.29. The summed E-state index contributed by atoms with van der Waals surface area (Å²) < 4.78 is 29.1. The summed E-state index contributed by atoms with van der Waals surface area (Å²) in [5.74, 6) is 0.0219. The first-order chi connectivity index (χ1) is 20.8. The molecule has 5 atom stereocenters. The van der Waals surface area contributed by atoms with Crippen LogP contribution in [0.2, 0.25) is 18.1 Å². The molecule has 3 rings (SSSR count). The monoisotopic (exact) mass is 663 g/mol. The third-order valence-corrected chi connectivity index (χ3v) is 13.3. The van der Waals surface area contributed by atoms with Gasteiger partial charge in [0.15, 0.2) is 25.4 Å². The van der Waals surface area contributed by atoms with E-state index in [-0.39, 0.29) is 17.4 Å². The molecule has 1 saturated carbocycles. The highest BCUT2D eigenvalue weighted by Crippen LogP contribution is 2.48. The summed E-state index contributed by atoms with van der Waals surface area (Å²) in [6.45, 7) is 21.0. The number of aliphatic imine (C=N–C) groups is 1. The highest BCUT2D eigenvalue weighted by molar-refractivity contribution is 6.74. The Morgan fingerprint density at radius 2 is 1.50 bits per heavy atom. The zero-order chi connectivity index (χ0) is 35.3. The number of nitrogens with zero attached hydrogens (tertiary/aromatic N) is 2. The Hall–Kier alpha value is -3.00. The number of ketones is 1. The van der Waals surface area contributed by atoms with E-state index in [4.69, 9.17) is 34.1 Å². The van der Waals surface area contributed by atoms with Crippen LogP contribution in [0.5, 0.6) is 5.75 Å². The van der Waals surface area contributed by atoms with Crippen LogP contribution < -0.4 is 10.5 Å². The fraction of sp³-hybridized carbons (Fsp3) is 0.697. The Balaban J connectivity index is 2.23. The number of ether oxygens (including phenoxy) is 4. The van der Waals surface area contributed by atoms with E-state index in [9.17, 15) is 19.5 Å². The number of rotatable bonds is 7. The minimum absolute atomic E-state index is 0.172. The molecule has 1 spiro atoms. The molecule has 13 heteroatoms. The van der Waals surface area contributed by atoms with Crippen molar-refractivity contribution in [2.45, 2.75) is 134 Å². The number of aliphatic hydroxyl groups is 1. The number of carbonyl (C=O) groups excluding carboxylic acids is 3. The average molecular weight is 664 g/mol.